The van der Waals surface area contributed by atoms with E-state index in [-0.39, 0.29) is 24.5 Å². The van der Waals surface area contributed by atoms with Crippen molar-refractivity contribution in [1.82, 2.24) is 4.90 Å². The van der Waals surface area contributed by atoms with Crippen LogP contribution in [0.15, 0.2) is 0 Å². The van der Waals surface area contributed by atoms with E-state index < -0.39 is 11.6 Å². The molecule has 0 aliphatic carbocycles. The fourth-order valence-electron chi connectivity index (χ4n) is 2.94. The zero-order valence-electron chi connectivity index (χ0n) is 11.4. The van der Waals surface area contributed by atoms with Gasteiger partial charge in [0.25, 0.3) is 5.91 Å². The smallest absolute Gasteiger partial charge is 0.305 e. The van der Waals surface area contributed by atoms with E-state index >= 15 is 0 Å². The minimum atomic E-state index is -0.892. The number of rotatable bonds is 4. The van der Waals surface area contributed by atoms with Gasteiger partial charge in [0, 0.05) is 26.3 Å². The highest BCUT2D eigenvalue weighted by molar-refractivity contribution is 5.86. The second-order valence-corrected chi connectivity index (χ2v) is 5.49. The van der Waals surface area contributed by atoms with E-state index in [0.717, 1.165) is 6.42 Å². The molecule has 2 aliphatic heterocycles. The van der Waals surface area contributed by atoms with Crippen molar-refractivity contribution in [2.45, 2.75) is 50.4 Å². The molecule has 3 atom stereocenters. The first-order valence-electron chi connectivity index (χ1n) is 6.66. The first kappa shape index (κ1) is 14.3. The van der Waals surface area contributed by atoms with Gasteiger partial charge in [0.2, 0.25) is 0 Å². The quantitative estimate of drug-likeness (QED) is 0.812. The van der Waals surface area contributed by atoms with E-state index in [9.17, 15) is 9.59 Å². The van der Waals surface area contributed by atoms with Crippen molar-refractivity contribution in [3.05, 3.63) is 0 Å². The number of aliphatic carboxylic acids is 1. The molecule has 0 aromatic carbocycles. The Labute approximate surface area is 112 Å². The summed E-state index contributed by atoms with van der Waals surface area (Å²) in [6.45, 7) is 2.83. The normalized spacial score (nSPS) is 34.7. The number of carboxylic acid groups (broad SMARTS) is 1. The fourth-order valence-corrected chi connectivity index (χ4v) is 2.94. The predicted octanol–water partition coefficient (Wildman–Crippen LogP) is 0.646. The minimum Gasteiger partial charge on any atom is -0.481 e. The van der Waals surface area contributed by atoms with E-state index in [1.807, 2.05) is 0 Å². The minimum absolute atomic E-state index is 0.0400. The lowest BCUT2D eigenvalue weighted by Crippen LogP contribution is -2.49. The molecule has 6 heteroatoms. The first-order chi connectivity index (χ1) is 8.96. The second kappa shape index (κ2) is 5.46. The summed E-state index contributed by atoms with van der Waals surface area (Å²) in [6, 6.07) is -0.295. The van der Waals surface area contributed by atoms with Gasteiger partial charge in [-0.25, -0.2) is 0 Å². The van der Waals surface area contributed by atoms with Crippen LogP contribution in [0.5, 0.6) is 0 Å². The number of carbonyl (C=O) groups excluding carboxylic acids is 1. The standard InChI is InChI=1S/C13H21NO5/c1-13(4-3-5-19-13)12(17)14-8-10(18-2)6-9(14)7-11(15)16/h9-10H,3-8H2,1-2H3,(H,15,16). The Morgan fingerprint density at radius 1 is 1.53 bits per heavy atom. The molecule has 2 saturated heterocycles. The largest absolute Gasteiger partial charge is 0.481 e. The van der Waals surface area contributed by atoms with Gasteiger partial charge in [-0.3, -0.25) is 9.59 Å². The molecule has 1 amide bonds. The number of ether oxygens (including phenoxy) is 2. The third-order valence-electron chi connectivity index (χ3n) is 4.05. The molecule has 6 nitrogen and oxygen atoms in total. The van der Waals surface area contributed by atoms with Crippen molar-refractivity contribution in [3.8, 4) is 0 Å². The Morgan fingerprint density at radius 2 is 2.26 bits per heavy atom. The van der Waals surface area contributed by atoms with Crippen molar-refractivity contribution in [3.63, 3.8) is 0 Å². The number of amides is 1. The summed E-state index contributed by atoms with van der Waals surface area (Å²) in [5.74, 6) is -0.993. The monoisotopic (exact) mass is 271 g/mol. The van der Waals surface area contributed by atoms with Crippen LogP contribution in [0.1, 0.15) is 32.6 Å². The van der Waals surface area contributed by atoms with Crippen molar-refractivity contribution in [1.29, 1.82) is 0 Å². The van der Waals surface area contributed by atoms with Gasteiger partial charge in [0.1, 0.15) is 5.60 Å². The van der Waals surface area contributed by atoms with E-state index in [4.69, 9.17) is 14.6 Å². The van der Waals surface area contributed by atoms with Crippen LogP contribution in [-0.2, 0) is 19.1 Å². The topological polar surface area (TPSA) is 76.1 Å². The zero-order chi connectivity index (χ0) is 14.0. The lowest BCUT2D eigenvalue weighted by Gasteiger charge is -2.31. The van der Waals surface area contributed by atoms with Crippen molar-refractivity contribution < 1.29 is 24.2 Å². The number of carbonyl (C=O) groups is 2. The number of carboxylic acids is 1. The Balaban J connectivity index is 2.10. The summed E-state index contributed by atoms with van der Waals surface area (Å²) in [7, 11) is 1.59. The number of nitrogens with zero attached hydrogens (tertiary/aromatic N) is 1. The molecule has 19 heavy (non-hydrogen) atoms. The summed E-state index contributed by atoms with van der Waals surface area (Å²) in [6.07, 6.45) is 2.01. The van der Waals surface area contributed by atoms with Gasteiger partial charge >= 0.3 is 5.97 Å². The maximum Gasteiger partial charge on any atom is 0.305 e. The molecule has 0 aromatic heterocycles. The Morgan fingerprint density at radius 3 is 2.79 bits per heavy atom. The van der Waals surface area contributed by atoms with E-state index in [1.165, 1.54) is 0 Å². The van der Waals surface area contributed by atoms with Crippen molar-refractivity contribution >= 4 is 11.9 Å². The average molecular weight is 271 g/mol. The van der Waals surface area contributed by atoms with Crippen LogP contribution in [0.25, 0.3) is 0 Å². The number of hydrogen-bond acceptors (Lipinski definition) is 4. The molecule has 0 spiro atoms. The van der Waals surface area contributed by atoms with Crippen LogP contribution in [0.4, 0.5) is 0 Å². The van der Waals surface area contributed by atoms with Gasteiger partial charge in [-0.1, -0.05) is 0 Å². The molecular weight excluding hydrogens is 250 g/mol. The van der Waals surface area contributed by atoms with Crippen LogP contribution >= 0.6 is 0 Å². The van der Waals surface area contributed by atoms with Crippen LogP contribution in [0.2, 0.25) is 0 Å². The number of likely N-dealkylation sites (tertiary alicyclic amines) is 1. The fraction of sp³-hybridized carbons (Fsp3) is 0.846. The molecule has 2 rings (SSSR count). The summed E-state index contributed by atoms with van der Waals surface area (Å²) >= 11 is 0. The molecule has 2 aliphatic rings. The SMILES string of the molecule is COC1CC(CC(=O)O)N(C(=O)C2(C)CCCO2)C1. The summed E-state index contributed by atoms with van der Waals surface area (Å²) < 4.78 is 10.8. The zero-order valence-corrected chi connectivity index (χ0v) is 11.4. The van der Waals surface area contributed by atoms with E-state index in [0.29, 0.717) is 26.0 Å². The average Bonchev–Trinajstić information content (AvgIpc) is 2.95. The summed E-state index contributed by atoms with van der Waals surface area (Å²) in [5, 5.41) is 8.95. The third-order valence-corrected chi connectivity index (χ3v) is 4.05. The van der Waals surface area contributed by atoms with Crippen molar-refractivity contribution in [2.24, 2.45) is 0 Å². The molecule has 2 fully saturated rings. The lowest BCUT2D eigenvalue weighted by molar-refractivity contribution is -0.153. The van der Waals surface area contributed by atoms with Gasteiger partial charge in [-0.2, -0.15) is 0 Å². The van der Waals surface area contributed by atoms with E-state index in [1.54, 1.807) is 18.9 Å². The van der Waals surface area contributed by atoms with Gasteiger partial charge in [-0.05, 0) is 26.2 Å². The highest BCUT2D eigenvalue weighted by Crippen LogP contribution is 2.32. The maximum absolute atomic E-state index is 12.6. The van der Waals surface area contributed by atoms with Gasteiger partial charge < -0.3 is 19.5 Å². The molecule has 0 aromatic rings. The van der Waals surface area contributed by atoms with Crippen LogP contribution in [-0.4, -0.2) is 59.9 Å². The molecule has 3 unspecified atom stereocenters. The maximum atomic E-state index is 12.6. The molecule has 1 N–H and O–H groups in total. The summed E-state index contributed by atoms with van der Waals surface area (Å²) in [4.78, 5) is 25.1. The molecule has 0 bridgehead atoms. The molecule has 0 saturated carbocycles. The van der Waals surface area contributed by atoms with E-state index in [2.05, 4.69) is 0 Å². The highest BCUT2D eigenvalue weighted by atomic mass is 16.5. The number of hydrogen-bond donors (Lipinski definition) is 1. The van der Waals surface area contributed by atoms with Crippen molar-refractivity contribution in [2.75, 3.05) is 20.3 Å². The highest BCUT2D eigenvalue weighted by Gasteiger charge is 2.46. The van der Waals surface area contributed by atoms with Crippen LogP contribution < -0.4 is 0 Å². The molecular formula is C13H21NO5. The van der Waals surface area contributed by atoms with Crippen LogP contribution in [0, 0.1) is 0 Å². The summed E-state index contributed by atoms with van der Waals surface area (Å²) in [5.41, 5.74) is -0.792. The van der Waals surface area contributed by atoms with Crippen LogP contribution in [0.3, 0.4) is 0 Å². The second-order valence-electron chi connectivity index (χ2n) is 5.49. The molecule has 0 radical (unpaired) electrons. The third kappa shape index (κ3) is 2.90. The van der Waals surface area contributed by atoms with Gasteiger partial charge in [-0.15, -0.1) is 0 Å². The van der Waals surface area contributed by atoms with Gasteiger partial charge in [0.15, 0.2) is 0 Å². The lowest BCUT2D eigenvalue weighted by atomic mass is 10.00. The first-order valence-corrected chi connectivity index (χ1v) is 6.66. The predicted molar refractivity (Wildman–Crippen MR) is 66.8 cm³/mol. The number of methoxy groups -OCH3 is 1. The Kier molecular flexibility index (Phi) is 4.10. The van der Waals surface area contributed by atoms with Gasteiger partial charge in [0.05, 0.1) is 12.5 Å². The molecule has 108 valence electrons. The molecule has 2 heterocycles. The Bertz CT molecular complexity index is 364. The Hall–Kier alpha value is -1.14.